The standard InChI is InChI=1S/C21H14O7/c22-10-3-1-9(2-4-10)5-17-20(25)19-16(28-17)8-15-18(21(19)26)11-6-12(23)13(24)7-14(11)27-15/h1-4,6-8,17,22-24,26H,5H2. The van der Waals surface area contributed by atoms with Gasteiger partial charge in [0.2, 0.25) is 5.78 Å². The van der Waals surface area contributed by atoms with Crippen LogP contribution in [0.3, 0.4) is 0 Å². The van der Waals surface area contributed by atoms with Crippen LogP contribution < -0.4 is 4.74 Å². The van der Waals surface area contributed by atoms with Crippen molar-refractivity contribution in [1.29, 1.82) is 0 Å². The number of Topliss-reactive ketones (excluding diaryl/α,β-unsaturated/α-hetero) is 1. The van der Waals surface area contributed by atoms with E-state index in [1.54, 1.807) is 12.1 Å². The number of hydrogen-bond acceptors (Lipinski definition) is 7. The van der Waals surface area contributed by atoms with E-state index >= 15 is 0 Å². The lowest BCUT2D eigenvalue weighted by Gasteiger charge is -2.09. The van der Waals surface area contributed by atoms with E-state index < -0.39 is 6.10 Å². The van der Waals surface area contributed by atoms with Crippen molar-refractivity contribution in [3.8, 4) is 28.7 Å². The molecule has 0 bridgehead atoms. The summed E-state index contributed by atoms with van der Waals surface area (Å²) in [4.78, 5) is 12.9. The van der Waals surface area contributed by atoms with Gasteiger partial charge in [0.05, 0.1) is 5.39 Å². The van der Waals surface area contributed by atoms with E-state index in [1.807, 2.05) is 0 Å². The third-order valence-electron chi connectivity index (χ3n) is 4.96. The Morgan fingerprint density at radius 2 is 1.61 bits per heavy atom. The first kappa shape index (κ1) is 16.3. The Kier molecular flexibility index (Phi) is 3.24. The number of rotatable bonds is 2. The Hall–Kier alpha value is -3.87. The molecule has 140 valence electrons. The molecule has 0 saturated carbocycles. The summed E-state index contributed by atoms with van der Waals surface area (Å²) >= 11 is 0. The van der Waals surface area contributed by atoms with Crippen molar-refractivity contribution in [2.75, 3.05) is 0 Å². The molecule has 4 aromatic rings. The van der Waals surface area contributed by atoms with E-state index in [1.165, 1.54) is 30.3 Å². The van der Waals surface area contributed by atoms with Crippen LogP contribution in [-0.2, 0) is 6.42 Å². The summed E-state index contributed by atoms with van der Waals surface area (Å²) in [5, 5.41) is 40.2. The Morgan fingerprint density at radius 3 is 2.36 bits per heavy atom. The number of phenolic OH excluding ortho intramolecular Hbond substituents is 4. The molecule has 0 amide bonds. The molecule has 4 N–H and O–H groups in total. The quantitative estimate of drug-likeness (QED) is 0.393. The Labute approximate surface area is 157 Å². The first-order valence-corrected chi connectivity index (χ1v) is 8.55. The Bertz CT molecular complexity index is 1270. The summed E-state index contributed by atoms with van der Waals surface area (Å²) in [6, 6.07) is 10.5. The van der Waals surface area contributed by atoms with Gasteiger partial charge in [0.15, 0.2) is 17.6 Å². The molecule has 7 heteroatoms. The number of aromatic hydroxyl groups is 4. The SMILES string of the molecule is O=C1c2c(cc3oc4cc(O)c(O)cc4c3c2O)OC1Cc1ccc(O)cc1. The zero-order valence-corrected chi connectivity index (χ0v) is 14.3. The van der Waals surface area contributed by atoms with Gasteiger partial charge in [-0.3, -0.25) is 4.79 Å². The van der Waals surface area contributed by atoms with Crippen LogP contribution in [0.5, 0.6) is 28.7 Å². The number of ketones is 1. The fourth-order valence-electron chi connectivity index (χ4n) is 3.60. The highest BCUT2D eigenvalue weighted by Crippen LogP contribution is 2.47. The van der Waals surface area contributed by atoms with Crippen LogP contribution >= 0.6 is 0 Å². The normalized spacial score (nSPS) is 15.9. The second-order valence-electron chi connectivity index (χ2n) is 6.75. The van der Waals surface area contributed by atoms with Crippen LogP contribution in [0.15, 0.2) is 46.9 Å². The number of phenols is 4. The number of hydrogen-bond donors (Lipinski definition) is 4. The fraction of sp³-hybridized carbons (Fsp3) is 0.0952. The number of carbonyl (C=O) groups excluding carboxylic acids is 1. The van der Waals surface area contributed by atoms with Gasteiger partial charge in [-0.2, -0.15) is 0 Å². The summed E-state index contributed by atoms with van der Waals surface area (Å²) in [7, 11) is 0. The number of ether oxygens (including phenoxy) is 1. The molecule has 1 aliphatic heterocycles. The maximum atomic E-state index is 12.9. The predicted octanol–water partition coefficient (Wildman–Crippen LogP) is 3.59. The molecule has 28 heavy (non-hydrogen) atoms. The molecule has 2 heterocycles. The topological polar surface area (TPSA) is 120 Å². The largest absolute Gasteiger partial charge is 0.508 e. The van der Waals surface area contributed by atoms with E-state index in [0.717, 1.165) is 5.56 Å². The lowest BCUT2D eigenvalue weighted by Crippen LogP contribution is -2.23. The van der Waals surface area contributed by atoms with Crippen molar-refractivity contribution in [3.63, 3.8) is 0 Å². The molecule has 0 spiro atoms. The number of furan rings is 1. The van der Waals surface area contributed by atoms with Crippen LogP contribution in [0, 0.1) is 0 Å². The zero-order valence-electron chi connectivity index (χ0n) is 14.3. The van der Waals surface area contributed by atoms with Crippen LogP contribution in [0.1, 0.15) is 15.9 Å². The Morgan fingerprint density at radius 1 is 0.893 bits per heavy atom. The van der Waals surface area contributed by atoms with Gasteiger partial charge in [-0.05, 0) is 23.8 Å². The van der Waals surface area contributed by atoms with Gasteiger partial charge in [-0.25, -0.2) is 0 Å². The molecule has 1 unspecified atom stereocenters. The minimum Gasteiger partial charge on any atom is -0.508 e. The maximum Gasteiger partial charge on any atom is 0.211 e. The molecule has 7 nitrogen and oxygen atoms in total. The highest BCUT2D eigenvalue weighted by molar-refractivity contribution is 6.17. The van der Waals surface area contributed by atoms with Gasteiger partial charge in [0.25, 0.3) is 0 Å². The summed E-state index contributed by atoms with van der Waals surface area (Å²) in [5.41, 5.74) is 1.40. The minimum absolute atomic E-state index is 0.0616. The van der Waals surface area contributed by atoms with Crippen molar-refractivity contribution in [2.45, 2.75) is 12.5 Å². The third-order valence-corrected chi connectivity index (χ3v) is 4.96. The smallest absolute Gasteiger partial charge is 0.211 e. The zero-order chi connectivity index (χ0) is 19.6. The molecular weight excluding hydrogens is 364 g/mol. The van der Waals surface area contributed by atoms with Crippen LogP contribution in [-0.4, -0.2) is 32.3 Å². The van der Waals surface area contributed by atoms with Gasteiger partial charge < -0.3 is 29.6 Å². The number of fused-ring (bicyclic) bond motifs is 4. The van der Waals surface area contributed by atoms with Gasteiger partial charge in [-0.1, -0.05) is 12.1 Å². The summed E-state index contributed by atoms with van der Waals surface area (Å²) in [6.45, 7) is 0. The van der Waals surface area contributed by atoms with Gasteiger partial charge >= 0.3 is 0 Å². The van der Waals surface area contributed by atoms with Crippen molar-refractivity contribution in [1.82, 2.24) is 0 Å². The molecule has 0 radical (unpaired) electrons. The summed E-state index contributed by atoms with van der Waals surface area (Å²) in [5.74, 6) is -1.01. The minimum atomic E-state index is -0.805. The van der Waals surface area contributed by atoms with E-state index in [4.69, 9.17) is 9.15 Å². The molecule has 0 aliphatic carbocycles. The third kappa shape index (κ3) is 2.26. The van der Waals surface area contributed by atoms with Gasteiger partial charge in [0, 0.05) is 23.9 Å². The lowest BCUT2D eigenvalue weighted by molar-refractivity contribution is 0.0856. The van der Waals surface area contributed by atoms with E-state index in [-0.39, 0.29) is 63.1 Å². The first-order chi connectivity index (χ1) is 13.4. The molecular formula is C21H14O7. The van der Waals surface area contributed by atoms with E-state index in [9.17, 15) is 25.2 Å². The molecule has 5 rings (SSSR count). The highest BCUT2D eigenvalue weighted by Gasteiger charge is 2.37. The van der Waals surface area contributed by atoms with Crippen molar-refractivity contribution in [3.05, 3.63) is 53.6 Å². The number of carbonyl (C=O) groups is 1. The van der Waals surface area contributed by atoms with Crippen molar-refractivity contribution >= 4 is 27.7 Å². The molecule has 0 fully saturated rings. The fourth-order valence-corrected chi connectivity index (χ4v) is 3.60. The van der Waals surface area contributed by atoms with Crippen LogP contribution in [0.4, 0.5) is 0 Å². The van der Waals surface area contributed by atoms with Crippen molar-refractivity contribution in [2.24, 2.45) is 0 Å². The highest BCUT2D eigenvalue weighted by atomic mass is 16.5. The van der Waals surface area contributed by atoms with Crippen molar-refractivity contribution < 1.29 is 34.4 Å². The monoisotopic (exact) mass is 378 g/mol. The molecule has 3 aromatic carbocycles. The first-order valence-electron chi connectivity index (χ1n) is 8.55. The average molecular weight is 378 g/mol. The van der Waals surface area contributed by atoms with Gasteiger partial charge in [-0.15, -0.1) is 0 Å². The van der Waals surface area contributed by atoms with Gasteiger partial charge in [0.1, 0.15) is 34.0 Å². The predicted molar refractivity (Wildman–Crippen MR) is 99.3 cm³/mol. The van der Waals surface area contributed by atoms with E-state index in [2.05, 4.69) is 0 Å². The molecule has 1 atom stereocenters. The number of benzene rings is 3. The second-order valence-corrected chi connectivity index (χ2v) is 6.75. The van der Waals surface area contributed by atoms with Crippen LogP contribution in [0.25, 0.3) is 21.9 Å². The molecule has 0 saturated heterocycles. The summed E-state index contributed by atoms with van der Waals surface area (Å²) < 4.78 is 11.4. The Balaban J connectivity index is 1.61. The van der Waals surface area contributed by atoms with Crippen LogP contribution in [0.2, 0.25) is 0 Å². The second kappa shape index (κ2) is 5.56. The van der Waals surface area contributed by atoms with E-state index in [0.29, 0.717) is 5.39 Å². The summed E-state index contributed by atoms with van der Waals surface area (Å²) in [6.07, 6.45) is -0.523. The molecule has 1 aliphatic rings. The average Bonchev–Trinajstić information content (AvgIpc) is 3.15. The lowest BCUT2D eigenvalue weighted by atomic mass is 9.99. The molecule has 1 aromatic heterocycles. The maximum absolute atomic E-state index is 12.9.